The first kappa shape index (κ1) is 31.9. The highest BCUT2D eigenvalue weighted by atomic mass is 16.6. The van der Waals surface area contributed by atoms with Gasteiger partial charge in [-0.05, 0) is 76.4 Å². The second kappa shape index (κ2) is 12.8. The number of nitrogens with one attached hydrogen (secondary N) is 1. The van der Waals surface area contributed by atoms with E-state index in [-0.39, 0.29) is 17.9 Å². The van der Waals surface area contributed by atoms with Crippen LogP contribution >= 0.6 is 0 Å². The Balaban J connectivity index is 1.16. The van der Waals surface area contributed by atoms with Gasteiger partial charge >= 0.3 is 6.09 Å². The van der Waals surface area contributed by atoms with E-state index in [4.69, 9.17) is 20.6 Å². The normalized spacial score (nSPS) is 18.8. The predicted octanol–water partition coefficient (Wildman–Crippen LogP) is 4.36. The highest BCUT2D eigenvalue weighted by Crippen LogP contribution is 2.44. The topological polar surface area (TPSA) is 132 Å². The molecule has 0 saturated carbocycles. The van der Waals surface area contributed by atoms with Crippen molar-refractivity contribution in [3.8, 4) is 5.75 Å². The van der Waals surface area contributed by atoms with Gasteiger partial charge in [0.1, 0.15) is 11.4 Å². The van der Waals surface area contributed by atoms with Gasteiger partial charge in [-0.1, -0.05) is 0 Å². The third kappa shape index (κ3) is 6.62. The molecule has 2 aromatic carbocycles. The van der Waals surface area contributed by atoms with Crippen LogP contribution in [0.4, 0.5) is 16.2 Å². The molecule has 3 heterocycles. The minimum Gasteiger partial charge on any atom is -0.496 e. The quantitative estimate of drug-likeness (QED) is 0.461. The van der Waals surface area contributed by atoms with Gasteiger partial charge in [-0.2, -0.15) is 0 Å². The van der Waals surface area contributed by atoms with Gasteiger partial charge in [0, 0.05) is 92.4 Å². The van der Waals surface area contributed by atoms with Crippen LogP contribution in [0.5, 0.6) is 5.75 Å². The Bertz CT molecular complexity index is 1460. The molecule has 2 aromatic rings. The van der Waals surface area contributed by atoms with Crippen molar-refractivity contribution in [2.45, 2.75) is 45.6 Å². The summed E-state index contributed by atoms with van der Waals surface area (Å²) in [5, 5.41) is 7.61. The van der Waals surface area contributed by atoms with Crippen LogP contribution in [-0.4, -0.2) is 92.4 Å². The number of hydrogen-bond acceptors (Lipinski definition) is 8. The summed E-state index contributed by atoms with van der Waals surface area (Å²) >= 11 is 0. The fourth-order valence-corrected chi connectivity index (χ4v) is 6.44. The van der Waals surface area contributed by atoms with E-state index in [1.807, 2.05) is 73.0 Å². The van der Waals surface area contributed by atoms with Crippen molar-refractivity contribution >= 4 is 41.1 Å². The number of rotatable bonds is 6. The summed E-state index contributed by atoms with van der Waals surface area (Å²) in [5.41, 5.74) is 8.30. The van der Waals surface area contributed by atoms with Crippen LogP contribution in [0, 0.1) is 10.8 Å². The van der Waals surface area contributed by atoms with Gasteiger partial charge in [0.05, 0.1) is 12.5 Å². The standard InChI is InChI=1S/C34H44N6O5/c1-33(2,3)45-32(43)39-19-17-37(18-20-39)26-7-5-24(6-8-26)30(41)38-14-11-34(12-15-38)13-16-40(31(34)42)27-9-10-28(25(22-35)23-36)29(21-27)44-4/h5-10,21-23,35H,11-20,36H2,1-4H3/b25-23+,35-22?. The third-order valence-corrected chi connectivity index (χ3v) is 9.07. The summed E-state index contributed by atoms with van der Waals surface area (Å²) in [6.07, 6.45) is 4.23. The molecule has 3 aliphatic heterocycles. The second-order valence-corrected chi connectivity index (χ2v) is 12.9. The van der Waals surface area contributed by atoms with Crippen LogP contribution in [0.1, 0.15) is 56.0 Å². The molecule has 0 radical (unpaired) electrons. The lowest BCUT2D eigenvalue weighted by Crippen LogP contribution is -2.50. The molecular formula is C34H44N6O5. The molecule has 5 rings (SSSR count). The molecule has 11 heteroatoms. The van der Waals surface area contributed by atoms with Crippen LogP contribution in [-0.2, 0) is 9.53 Å². The SMILES string of the molecule is COc1cc(N2CCC3(CCN(C(=O)c4ccc(N5CCN(C(=O)OC(C)(C)C)CC5)cc4)CC3)C2=O)ccc1/C(C=N)=C/N. The molecule has 3 fully saturated rings. The van der Waals surface area contributed by atoms with E-state index < -0.39 is 11.0 Å². The Morgan fingerprint density at radius 3 is 2.09 bits per heavy atom. The van der Waals surface area contributed by atoms with Crippen LogP contribution in [0.3, 0.4) is 0 Å². The van der Waals surface area contributed by atoms with Crippen LogP contribution in [0.15, 0.2) is 48.7 Å². The van der Waals surface area contributed by atoms with Crippen molar-refractivity contribution in [1.29, 1.82) is 5.41 Å². The smallest absolute Gasteiger partial charge is 0.410 e. The number of benzene rings is 2. The van der Waals surface area contributed by atoms with E-state index in [2.05, 4.69) is 4.90 Å². The van der Waals surface area contributed by atoms with E-state index in [1.54, 1.807) is 12.0 Å². The maximum Gasteiger partial charge on any atom is 0.410 e. The fraction of sp³-hybridized carbons (Fsp3) is 0.471. The first-order chi connectivity index (χ1) is 21.5. The van der Waals surface area contributed by atoms with E-state index >= 15 is 0 Å². The second-order valence-electron chi connectivity index (χ2n) is 12.9. The van der Waals surface area contributed by atoms with Crippen LogP contribution in [0.2, 0.25) is 0 Å². The molecule has 0 bridgehead atoms. The molecule has 0 aromatic heterocycles. The number of amides is 3. The largest absolute Gasteiger partial charge is 0.496 e. The Morgan fingerprint density at radius 2 is 1.51 bits per heavy atom. The zero-order valence-corrected chi connectivity index (χ0v) is 26.7. The Hall–Kier alpha value is -4.54. The number of piperidine rings is 1. The van der Waals surface area contributed by atoms with Crippen molar-refractivity contribution in [2.75, 3.05) is 62.7 Å². The van der Waals surface area contributed by atoms with Crippen LogP contribution < -0.4 is 20.3 Å². The van der Waals surface area contributed by atoms with Crippen molar-refractivity contribution in [1.82, 2.24) is 9.80 Å². The summed E-state index contributed by atoms with van der Waals surface area (Å²) in [5.74, 6) is 0.613. The summed E-state index contributed by atoms with van der Waals surface area (Å²) < 4.78 is 11.0. The number of ether oxygens (including phenoxy) is 2. The number of allylic oxidation sites excluding steroid dienone is 1. The number of piperazine rings is 1. The molecule has 3 saturated heterocycles. The van der Waals surface area contributed by atoms with Gasteiger partial charge in [-0.3, -0.25) is 9.59 Å². The van der Waals surface area contributed by atoms with E-state index in [0.717, 1.165) is 17.8 Å². The zero-order valence-electron chi connectivity index (χ0n) is 26.7. The number of carbonyl (C=O) groups excluding carboxylic acids is 3. The van der Waals surface area contributed by atoms with Crippen molar-refractivity contribution in [3.63, 3.8) is 0 Å². The highest BCUT2D eigenvalue weighted by molar-refractivity contribution is 6.09. The molecule has 1 spiro atoms. The maximum absolute atomic E-state index is 13.7. The number of anilines is 2. The van der Waals surface area contributed by atoms with Crippen molar-refractivity contribution < 1.29 is 23.9 Å². The number of nitrogens with zero attached hydrogens (tertiary/aromatic N) is 4. The number of likely N-dealkylation sites (tertiary alicyclic amines) is 1. The van der Waals surface area contributed by atoms with Gasteiger partial charge in [0.2, 0.25) is 5.91 Å². The minimum absolute atomic E-state index is 0.0243. The average Bonchev–Trinajstić information content (AvgIpc) is 3.35. The number of hydrogen-bond donors (Lipinski definition) is 2. The molecule has 45 heavy (non-hydrogen) atoms. The number of nitrogens with two attached hydrogens (primary N) is 1. The van der Waals surface area contributed by atoms with Gasteiger partial charge in [0.15, 0.2) is 0 Å². The molecule has 0 aliphatic carbocycles. The Morgan fingerprint density at radius 1 is 0.889 bits per heavy atom. The molecule has 240 valence electrons. The lowest BCUT2D eigenvalue weighted by atomic mass is 9.77. The molecule has 0 unspecified atom stereocenters. The Kier molecular flexibility index (Phi) is 9.08. The van der Waals surface area contributed by atoms with Gasteiger partial charge in [-0.25, -0.2) is 4.79 Å². The highest BCUT2D eigenvalue weighted by Gasteiger charge is 2.49. The number of methoxy groups -OCH3 is 1. The summed E-state index contributed by atoms with van der Waals surface area (Å²) in [6.45, 7) is 9.80. The number of carbonyl (C=O) groups is 3. The molecule has 3 N–H and O–H groups in total. The van der Waals surface area contributed by atoms with Gasteiger partial charge in [-0.15, -0.1) is 0 Å². The monoisotopic (exact) mass is 616 g/mol. The predicted molar refractivity (Wildman–Crippen MR) is 175 cm³/mol. The molecule has 0 atom stereocenters. The van der Waals surface area contributed by atoms with E-state index in [0.29, 0.717) is 81.1 Å². The fourth-order valence-electron chi connectivity index (χ4n) is 6.44. The maximum atomic E-state index is 13.7. The van der Waals surface area contributed by atoms with E-state index in [9.17, 15) is 14.4 Å². The lowest BCUT2D eigenvalue weighted by molar-refractivity contribution is -0.127. The molecular weight excluding hydrogens is 572 g/mol. The van der Waals surface area contributed by atoms with Crippen molar-refractivity contribution in [2.24, 2.45) is 11.1 Å². The van der Waals surface area contributed by atoms with Crippen molar-refractivity contribution in [3.05, 3.63) is 59.8 Å². The average molecular weight is 617 g/mol. The molecule has 3 amide bonds. The minimum atomic E-state index is -0.518. The van der Waals surface area contributed by atoms with Gasteiger partial charge in [0.25, 0.3) is 5.91 Å². The summed E-state index contributed by atoms with van der Waals surface area (Å²) in [7, 11) is 1.56. The first-order valence-electron chi connectivity index (χ1n) is 15.5. The molecule has 11 nitrogen and oxygen atoms in total. The first-order valence-corrected chi connectivity index (χ1v) is 15.5. The summed E-state index contributed by atoms with van der Waals surface area (Å²) in [4.78, 5) is 47.2. The zero-order chi connectivity index (χ0) is 32.4. The summed E-state index contributed by atoms with van der Waals surface area (Å²) in [6, 6.07) is 13.2. The lowest BCUT2D eigenvalue weighted by Gasteiger charge is -2.38. The third-order valence-electron chi connectivity index (χ3n) is 9.07. The van der Waals surface area contributed by atoms with E-state index in [1.165, 1.54) is 12.4 Å². The molecule has 3 aliphatic rings. The van der Waals surface area contributed by atoms with Gasteiger partial charge < -0.3 is 40.2 Å². The van der Waals surface area contributed by atoms with Crippen LogP contribution in [0.25, 0.3) is 5.57 Å². The Labute approximate surface area is 265 Å².